The van der Waals surface area contributed by atoms with E-state index in [1.165, 1.54) is 38.5 Å². The Kier molecular flexibility index (Phi) is 2.77. The average Bonchev–Trinajstić information content (AvgIpc) is 2.12. The van der Waals surface area contributed by atoms with Crippen LogP contribution in [0.1, 0.15) is 45.4 Å². The second kappa shape index (κ2) is 3.84. The quantitative estimate of drug-likeness (QED) is 0.806. The van der Waals surface area contributed by atoms with Crippen molar-refractivity contribution in [1.29, 1.82) is 0 Å². The summed E-state index contributed by atoms with van der Waals surface area (Å²) in [6.07, 6.45) is 7.71. The van der Waals surface area contributed by atoms with Crippen molar-refractivity contribution in [3.8, 4) is 0 Å². The van der Waals surface area contributed by atoms with Gasteiger partial charge in [0.25, 0.3) is 9.24 Å². The van der Waals surface area contributed by atoms with Crippen molar-refractivity contribution in [2.24, 2.45) is 23.2 Å². The van der Waals surface area contributed by atoms with Crippen LogP contribution < -0.4 is 4.72 Å². The van der Waals surface area contributed by atoms with E-state index in [4.69, 9.17) is 10.7 Å². The minimum Gasteiger partial charge on any atom is -0.199 e. The van der Waals surface area contributed by atoms with Crippen molar-refractivity contribution < 1.29 is 8.42 Å². The molecule has 1 unspecified atom stereocenters. The van der Waals surface area contributed by atoms with Gasteiger partial charge in [-0.25, -0.2) is 0 Å². The highest BCUT2D eigenvalue weighted by atomic mass is 35.7. The van der Waals surface area contributed by atoms with Crippen LogP contribution in [0.5, 0.6) is 0 Å². The van der Waals surface area contributed by atoms with Crippen molar-refractivity contribution in [3.63, 3.8) is 0 Å². The maximum Gasteiger partial charge on any atom is 0.297 e. The van der Waals surface area contributed by atoms with Gasteiger partial charge in [-0.05, 0) is 68.6 Å². The van der Waals surface area contributed by atoms with E-state index < -0.39 is 9.24 Å². The molecule has 0 aromatic rings. The van der Waals surface area contributed by atoms with Gasteiger partial charge in [-0.2, -0.15) is 13.1 Å². The van der Waals surface area contributed by atoms with E-state index in [2.05, 4.69) is 4.72 Å². The van der Waals surface area contributed by atoms with Gasteiger partial charge in [0, 0.05) is 16.7 Å². The molecule has 98 valence electrons. The maximum absolute atomic E-state index is 11.2. The first-order valence-corrected chi connectivity index (χ1v) is 8.89. The molecule has 0 radical (unpaired) electrons. The molecule has 0 heterocycles. The SMILES string of the molecule is CC(NS(=O)(=O)Cl)C12CC3CC(CC(C3)C1)C2. The lowest BCUT2D eigenvalue weighted by molar-refractivity contribution is -0.0665. The predicted molar refractivity (Wildman–Crippen MR) is 68.0 cm³/mol. The van der Waals surface area contributed by atoms with Crippen LogP contribution in [0.4, 0.5) is 0 Å². The van der Waals surface area contributed by atoms with Gasteiger partial charge in [-0.3, -0.25) is 0 Å². The van der Waals surface area contributed by atoms with Gasteiger partial charge in [0.15, 0.2) is 0 Å². The second-order valence-corrected chi connectivity index (χ2v) is 8.89. The maximum atomic E-state index is 11.2. The number of halogens is 1. The number of hydrogen-bond donors (Lipinski definition) is 1. The summed E-state index contributed by atoms with van der Waals surface area (Å²) >= 11 is 0. The molecule has 0 aliphatic heterocycles. The van der Waals surface area contributed by atoms with Crippen molar-refractivity contribution in [2.75, 3.05) is 0 Å². The molecule has 1 N–H and O–H groups in total. The van der Waals surface area contributed by atoms with Gasteiger partial charge in [-0.15, -0.1) is 0 Å². The predicted octanol–water partition coefficient (Wildman–Crippen LogP) is 2.66. The highest BCUT2D eigenvalue weighted by Gasteiger charge is 2.53. The standard InChI is InChI=1S/C12H20ClNO2S/c1-8(14-17(13,15)16)12-5-9-2-10(6-12)4-11(3-9)7-12/h8-11,14H,2-7H2,1H3. The minimum absolute atomic E-state index is 0.0154. The fraction of sp³-hybridized carbons (Fsp3) is 1.00. The molecule has 4 bridgehead atoms. The molecule has 4 saturated carbocycles. The van der Waals surface area contributed by atoms with E-state index in [9.17, 15) is 8.42 Å². The summed E-state index contributed by atoms with van der Waals surface area (Å²) in [5.41, 5.74) is 0.191. The first-order chi connectivity index (χ1) is 7.86. The minimum atomic E-state index is -3.59. The van der Waals surface area contributed by atoms with Gasteiger partial charge in [-0.1, -0.05) is 0 Å². The van der Waals surface area contributed by atoms with Crippen LogP contribution in [0, 0.1) is 23.2 Å². The highest BCUT2D eigenvalue weighted by Crippen LogP contribution is 2.61. The third kappa shape index (κ3) is 2.24. The van der Waals surface area contributed by atoms with Gasteiger partial charge < -0.3 is 0 Å². The van der Waals surface area contributed by atoms with Crippen molar-refractivity contribution in [2.45, 2.75) is 51.5 Å². The Labute approximate surface area is 108 Å². The molecule has 3 nitrogen and oxygen atoms in total. The van der Waals surface area contributed by atoms with E-state index in [1.807, 2.05) is 6.92 Å². The van der Waals surface area contributed by atoms with Crippen LogP contribution in [0.3, 0.4) is 0 Å². The first kappa shape index (κ1) is 12.2. The monoisotopic (exact) mass is 277 g/mol. The molecule has 1 atom stereocenters. The van der Waals surface area contributed by atoms with Crippen LogP contribution in [-0.4, -0.2) is 14.5 Å². The lowest BCUT2D eigenvalue weighted by atomic mass is 9.48. The lowest BCUT2D eigenvalue weighted by Crippen LogP contribution is -2.55. The van der Waals surface area contributed by atoms with E-state index in [0.717, 1.165) is 17.8 Å². The van der Waals surface area contributed by atoms with Crippen molar-refractivity contribution in [1.82, 2.24) is 4.72 Å². The topological polar surface area (TPSA) is 46.2 Å². The normalized spacial score (nSPS) is 46.1. The molecule has 4 aliphatic rings. The summed E-state index contributed by atoms with van der Waals surface area (Å²) in [6.45, 7) is 1.99. The van der Waals surface area contributed by atoms with E-state index in [0.29, 0.717) is 0 Å². The third-order valence-electron chi connectivity index (χ3n) is 5.32. The fourth-order valence-corrected chi connectivity index (χ4v) is 6.12. The van der Waals surface area contributed by atoms with Gasteiger partial charge in [0.1, 0.15) is 0 Å². The van der Waals surface area contributed by atoms with Crippen LogP contribution in [0.2, 0.25) is 0 Å². The zero-order valence-corrected chi connectivity index (χ0v) is 11.7. The summed E-state index contributed by atoms with van der Waals surface area (Å²) in [4.78, 5) is 0. The van der Waals surface area contributed by atoms with Crippen LogP contribution in [0.15, 0.2) is 0 Å². The van der Waals surface area contributed by atoms with E-state index in [1.54, 1.807) is 0 Å². The van der Waals surface area contributed by atoms with Crippen LogP contribution >= 0.6 is 10.7 Å². The number of hydrogen-bond acceptors (Lipinski definition) is 2. The first-order valence-electron chi connectivity index (χ1n) is 6.58. The Morgan fingerprint density at radius 1 is 1.12 bits per heavy atom. The lowest BCUT2D eigenvalue weighted by Gasteiger charge is -2.58. The largest absolute Gasteiger partial charge is 0.297 e. The Balaban J connectivity index is 1.82. The van der Waals surface area contributed by atoms with Gasteiger partial charge >= 0.3 is 0 Å². The average molecular weight is 278 g/mol. The third-order valence-corrected chi connectivity index (χ3v) is 6.22. The summed E-state index contributed by atoms with van der Waals surface area (Å²) < 4.78 is 25.0. The molecule has 0 aromatic heterocycles. The number of nitrogens with one attached hydrogen (secondary N) is 1. The molecule has 0 saturated heterocycles. The summed E-state index contributed by atoms with van der Waals surface area (Å²) in [7, 11) is 1.73. The van der Waals surface area contributed by atoms with Crippen molar-refractivity contribution in [3.05, 3.63) is 0 Å². The molecular formula is C12H20ClNO2S. The molecule has 4 fully saturated rings. The van der Waals surface area contributed by atoms with Gasteiger partial charge in [0.2, 0.25) is 0 Å². The summed E-state index contributed by atoms with van der Waals surface area (Å²) in [5, 5.41) is 0. The summed E-state index contributed by atoms with van der Waals surface area (Å²) in [6, 6.07) is -0.0154. The second-order valence-electron chi connectivity index (χ2n) is 6.56. The molecule has 0 amide bonds. The molecule has 0 spiro atoms. The van der Waals surface area contributed by atoms with Crippen LogP contribution in [-0.2, 0) is 9.24 Å². The smallest absolute Gasteiger partial charge is 0.199 e. The number of rotatable bonds is 3. The zero-order valence-electron chi connectivity index (χ0n) is 10.2. The Hall–Kier alpha value is 0.200. The molecular weight excluding hydrogens is 258 g/mol. The Morgan fingerprint density at radius 2 is 1.53 bits per heavy atom. The molecule has 4 aliphatic carbocycles. The Bertz CT molecular complexity index is 385. The van der Waals surface area contributed by atoms with E-state index in [-0.39, 0.29) is 11.5 Å². The van der Waals surface area contributed by atoms with E-state index >= 15 is 0 Å². The van der Waals surface area contributed by atoms with Gasteiger partial charge in [0.05, 0.1) is 0 Å². The van der Waals surface area contributed by atoms with Crippen molar-refractivity contribution >= 4 is 19.9 Å². The Morgan fingerprint density at radius 3 is 1.88 bits per heavy atom. The zero-order chi connectivity index (χ0) is 12.3. The fourth-order valence-electron chi connectivity index (χ4n) is 5.04. The van der Waals surface area contributed by atoms with Crippen LogP contribution in [0.25, 0.3) is 0 Å². The highest BCUT2D eigenvalue weighted by molar-refractivity contribution is 8.12. The summed E-state index contributed by atoms with van der Waals surface area (Å²) in [5.74, 6) is 2.51. The molecule has 0 aromatic carbocycles. The molecule has 5 heteroatoms. The molecule has 4 rings (SSSR count). The molecule has 17 heavy (non-hydrogen) atoms.